The Kier molecular flexibility index (Phi) is 3.77. The van der Waals surface area contributed by atoms with Crippen LogP contribution in [0.4, 0.5) is 0 Å². The fourth-order valence-electron chi connectivity index (χ4n) is 1.06. The van der Waals surface area contributed by atoms with E-state index in [1.807, 2.05) is 24.3 Å². The molecule has 15 heavy (non-hydrogen) atoms. The van der Waals surface area contributed by atoms with Crippen LogP contribution in [0, 0.1) is 0 Å². The fraction of sp³-hybridized carbons (Fsp3) is 0.100. The second-order valence-corrected chi connectivity index (χ2v) is 6.09. The average molecular weight is 349 g/mol. The first-order valence-corrected chi connectivity index (χ1v) is 6.63. The lowest BCUT2D eigenvalue weighted by atomic mass is 10.4. The minimum Gasteiger partial charge on any atom is -0.485 e. The molecule has 0 aromatic carbocycles. The zero-order chi connectivity index (χ0) is 10.7. The van der Waals surface area contributed by atoms with Crippen LogP contribution in [0.1, 0.15) is 4.88 Å². The molecule has 2 aromatic rings. The maximum Gasteiger partial charge on any atom is 0.152 e. The number of hydrogen-bond acceptors (Lipinski definition) is 3. The summed E-state index contributed by atoms with van der Waals surface area (Å²) >= 11 is 8.42. The lowest BCUT2D eigenvalue weighted by Crippen LogP contribution is -1.94. The van der Waals surface area contributed by atoms with Gasteiger partial charge in [-0.25, -0.2) is 4.98 Å². The van der Waals surface area contributed by atoms with Crippen LogP contribution in [-0.4, -0.2) is 4.98 Å². The van der Waals surface area contributed by atoms with Gasteiger partial charge < -0.3 is 4.74 Å². The maximum absolute atomic E-state index is 5.62. The molecule has 0 atom stereocenters. The van der Waals surface area contributed by atoms with Crippen LogP contribution >= 0.6 is 43.2 Å². The van der Waals surface area contributed by atoms with Crippen LogP contribution in [-0.2, 0) is 6.61 Å². The highest BCUT2D eigenvalue weighted by atomic mass is 79.9. The Labute approximate surface area is 109 Å². The quantitative estimate of drug-likeness (QED) is 0.773. The topological polar surface area (TPSA) is 22.1 Å². The third kappa shape index (κ3) is 3.03. The van der Waals surface area contributed by atoms with Crippen LogP contribution in [0.3, 0.4) is 0 Å². The molecule has 0 aliphatic carbocycles. The van der Waals surface area contributed by atoms with Gasteiger partial charge in [0.15, 0.2) is 5.75 Å². The van der Waals surface area contributed by atoms with Crippen LogP contribution in [0.5, 0.6) is 5.75 Å². The molecule has 0 unspecified atom stereocenters. The van der Waals surface area contributed by atoms with Gasteiger partial charge in [0.25, 0.3) is 0 Å². The van der Waals surface area contributed by atoms with Crippen molar-refractivity contribution in [2.24, 2.45) is 0 Å². The average Bonchev–Trinajstić information content (AvgIpc) is 2.63. The Hall–Kier alpha value is -0.390. The molecule has 0 aliphatic rings. The first kappa shape index (κ1) is 11.1. The third-order valence-electron chi connectivity index (χ3n) is 1.72. The van der Waals surface area contributed by atoms with Crippen LogP contribution in [0.25, 0.3) is 0 Å². The molecule has 0 aliphatic heterocycles. The Balaban J connectivity index is 2.02. The smallest absolute Gasteiger partial charge is 0.152 e. The molecule has 2 rings (SSSR count). The summed E-state index contributed by atoms with van der Waals surface area (Å²) in [5.41, 5.74) is 0. The molecular formula is C10H7Br2NOS. The molecule has 0 radical (unpaired) electrons. The van der Waals surface area contributed by atoms with Gasteiger partial charge in [-0.15, -0.1) is 11.3 Å². The molecule has 0 saturated carbocycles. The predicted molar refractivity (Wildman–Crippen MR) is 68.3 cm³/mol. The molecule has 78 valence electrons. The molecule has 0 amide bonds. The van der Waals surface area contributed by atoms with Crippen LogP contribution in [0.15, 0.2) is 38.9 Å². The standard InChI is InChI=1S/C10H7Br2NOS/c11-9-4-3-7(15-9)6-14-8-2-1-5-13-10(8)12/h1-5H,6H2. The number of ether oxygens (including phenoxy) is 1. The Morgan fingerprint density at radius 2 is 2.13 bits per heavy atom. The van der Waals surface area contributed by atoms with E-state index in [2.05, 4.69) is 36.8 Å². The SMILES string of the molecule is Brc1ccc(COc2cccnc2Br)s1. The van der Waals surface area contributed by atoms with E-state index in [1.165, 1.54) is 4.88 Å². The number of aromatic nitrogens is 1. The van der Waals surface area contributed by atoms with E-state index < -0.39 is 0 Å². The highest BCUT2D eigenvalue weighted by molar-refractivity contribution is 9.11. The Morgan fingerprint density at radius 1 is 1.27 bits per heavy atom. The molecule has 0 N–H and O–H groups in total. The van der Waals surface area contributed by atoms with Gasteiger partial charge in [-0.3, -0.25) is 0 Å². The summed E-state index contributed by atoms with van der Waals surface area (Å²) in [6.45, 7) is 0.570. The van der Waals surface area contributed by atoms with E-state index in [-0.39, 0.29) is 0 Å². The van der Waals surface area contributed by atoms with Crippen LogP contribution in [0.2, 0.25) is 0 Å². The molecule has 0 bridgehead atoms. The molecule has 0 fully saturated rings. The van der Waals surface area contributed by atoms with Gasteiger partial charge in [-0.1, -0.05) is 0 Å². The van der Waals surface area contributed by atoms with Crippen molar-refractivity contribution in [1.82, 2.24) is 4.98 Å². The summed E-state index contributed by atoms with van der Waals surface area (Å²) in [6, 6.07) is 7.80. The summed E-state index contributed by atoms with van der Waals surface area (Å²) in [7, 11) is 0. The van der Waals surface area contributed by atoms with Gasteiger partial charge in [-0.2, -0.15) is 0 Å². The number of rotatable bonds is 3. The summed E-state index contributed by atoms with van der Waals surface area (Å²) < 4.78 is 7.47. The molecular weight excluding hydrogens is 342 g/mol. The zero-order valence-electron chi connectivity index (χ0n) is 7.61. The zero-order valence-corrected chi connectivity index (χ0v) is 11.6. The molecule has 2 nitrogen and oxygen atoms in total. The van der Waals surface area contributed by atoms with Crippen molar-refractivity contribution in [2.45, 2.75) is 6.61 Å². The highest BCUT2D eigenvalue weighted by Crippen LogP contribution is 2.26. The summed E-state index contributed by atoms with van der Waals surface area (Å²) in [5.74, 6) is 0.766. The molecule has 2 heterocycles. The van der Waals surface area contributed by atoms with Crippen molar-refractivity contribution in [3.05, 3.63) is 43.7 Å². The minimum atomic E-state index is 0.570. The van der Waals surface area contributed by atoms with Crippen LogP contribution < -0.4 is 4.74 Å². The van der Waals surface area contributed by atoms with Gasteiger partial charge in [-0.05, 0) is 56.1 Å². The van der Waals surface area contributed by atoms with Crippen molar-refractivity contribution in [3.63, 3.8) is 0 Å². The van der Waals surface area contributed by atoms with Gasteiger partial charge >= 0.3 is 0 Å². The van der Waals surface area contributed by atoms with Crippen molar-refractivity contribution >= 4 is 43.2 Å². The van der Waals surface area contributed by atoms with E-state index >= 15 is 0 Å². The van der Waals surface area contributed by atoms with E-state index in [1.54, 1.807) is 17.5 Å². The molecule has 0 spiro atoms. The van der Waals surface area contributed by atoms with E-state index in [4.69, 9.17) is 4.74 Å². The third-order valence-corrected chi connectivity index (χ3v) is 3.92. The summed E-state index contributed by atoms with van der Waals surface area (Å²) in [5, 5.41) is 0. The first-order valence-electron chi connectivity index (χ1n) is 4.23. The van der Waals surface area contributed by atoms with E-state index in [0.717, 1.165) is 14.1 Å². The lowest BCUT2D eigenvalue weighted by molar-refractivity contribution is 0.306. The van der Waals surface area contributed by atoms with Gasteiger partial charge in [0, 0.05) is 11.1 Å². The summed E-state index contributed by atoms with van der Waals surface area (Å²) in [6.07, 6.45) is 1.72. The fourth-order valence-corrected chi connectivity index (χ4v) is 2.82. The van der Waals surface area contributed by atoms with Crippen molar-refractivity contribution in [3.8, 4) is 5.75 Å². The Bertz CT molecular complexity index is 458. The summed E-state index contributed by atoms with van der Waals surface area (Å²) in [4.78, 5) is 5.26. The Morgan fingerprint density at radius 3 is 2.80 bits per heavy atom. The van der Waals surface area contributed by atoms with Gasteiger partial charge in [0.1, 0.15) is 11.2 Å². The molecule has 2 aromatic heterocycles. The highest BCUT2D eigenvalue weighted by Gasteiger charge is 2.02. The monoisotopic (exact) mass is 347 g/mol. The van der Waals surface area contributed by atoms with E-state index in [9.17, 15) is 0 Å². The normalized spacial score (nSPS) is 10.3. The van der Waals surface area contributed by atoms with Gasteiger partial charge in [0.2, 0.25) is 0 Å². The number of pyridine rings is 1. The first-order chi connectivity index (χ1) is 7.25. The largest absolute Gasteiger partial charge is 0.485 e. The van der Waals surface area contributed by atoms with Crippen molar-refractivity contribution in [2.75, 3.05) is 0 Å². The number of nitrogens with zero attached hydrogens (tertiary/aromatic N) is 1. The van der Waals surface area contributed by atoms with Crippen molar-refractivity contribution in [1.29, 1.82) is 0 Å². The van der Waals surface area contributed by atoms with Gasteiger partial charge in [0.05, 0.1) is 3.79 Å². The second-order valence-electron chi connectivity index (χ2n) is 2.79. The van der Waals surface area contributed by atoms with Crippen molar-refractivity contribution < 1.29 is 4.74 Å². The minimum absolute atomic E-state index is 0.570. The molecule has 5 heteroatoms. The molecule has 0 saturated heterocycles. The number of hydrogen-bond donors (Lipinski definition) is 0. The second kappa shape index (κ2) is 5.09. The van der Waals surface area contributed by atoms with E-state index in [0.29, 0.717) is 6.61 Å². The number of thiophene rings is 1. The maximum atomic E-state index is 5.62. The lowest BCUT2D eigenvalue weighted by Gasteiger charge is -2.05. The number of halogens is 2. The predicted octanol–water partition coefficient (Wildman–Crippen LogP) is 4.25.